The van der Waals surface area contributed by atoms with Gasteiger partial charge in [0.25, 0.3) is 0 Å². The Bertz CT molecular complexity index is 295. The summed E-state index contributed by atoms with van der Waals surface area (Å²) in [7, 11) is 1.21. The molecule has 1 N–H and O–H groups in total. The Morgan fingerprint density at radius 3 is 2.07 bits per heavy atom. The van der Waals surface area contributed by atoms with Crippen molar-refractivity contribution in [1.82, 2.24) is 4.90 Å². The zero-order chi connectivity index (χ0) is 11.3. The molecule has 1 amide bonds. The number of amides is 1. The topological polar surface area (TPSA) is 74.7 Å². The molecule has 14 heavy (non-hydrogen) atoms. The van der Waals surface area contributed by atoms with E-state index in [0.717, 1.165) is 17.1 Å². The third-order valence-corrected chi connectivity index (χ3v) is 1.61. The summed E-state index contributed by atoms with van der Waals surface area (Å²) in [5.41, 5.74) is 0. The van der Waals surface area contributed by atoms with Crippen LogP contribution in [0.1, 0.15) is 0 Å². The monoisotopic (exact) mass is 197 g/mol. The third kappa shape index (κ3) is 2.55. The SMILES string of the molecule is C=CC(=O)C(C(=O)O)N(C)C(=O)C=C. The van der Waals surface area contributed by atoms with Crippen molar-refractivity contribution < 1.29 is 19.5 Å². The lowest BCUT2D eigenvalue weighted by atomic mass is 10.1. The van der Waals surface area contributed by atoms with Gasteiger partial charge in [0.1, 0.15) is 0 Å². The second-order valence-corrected chi connectivity index (χ2v) is 2.50. The summed E-state index contributed by atoms with van der Waals surface area (Å²) < 4.78 is 0. The summed E-state index contributed by atoms with van der Waals surface area (Å²) in [5.74, 6) is -2.77. The van der Waals surface area contributed by atoms with E-state index in [4.69, 9.17) is 5.11 Å². The zero-order valence-corrected chi connectivity index (χ0v) is 7.77. The molecule has 5 nitrogen and oxygen atoms in total. The van der Waals surface area contributed by atoms with Crippen LogP contribution >= 0.6 is 0 Å². The minimum atomic E-state index is -1.53. The number of aliphatic carboxylic acids is 1. The van der Waals surface area contributed by atoms with Crippen LogP contribution < -0.4 is 0 Å². The average molecular weight is 197 g/mol. The standard InChI is InChI=1S/C9H11NO4/c1-4-6(11)8(9(13)14)10(3)7(12)5-2/h4-5,8H,1-2H2,3H3,(H,13,14). The maximum atomic E-state index is 11.1. The van der Waals surface area contributed by atoms with Crippen molar-refractivity contribution in [2.45, 2.75) is 6.04 Å². The van der Waals surface area contributed by atoms with Gasteiger partial charge in [-0.05, 0) is 12.2 Å². The first-order valence-corrected chi connectivity index (χ1v) is 3.74. The molecule has 76 valence electrons. The fourth-order valence-electron chi connectivity index (χ4n) is 0.861. The van der Waals surface area contributed by atoms with E-state index in [0.29, 0.717) is 0 Å². The summed E-state index contributed by atoms with van der Waals surface area (Å²) in [6.45, 7) is 6.34. The normalized spacial score (nSPS) is 11.2. The minimum Gasteiger partial charge on any atom is -0.479 e. The van der Waals surface area contributed by atoms with Crippen molar-refractivity contribution >= 4 is 17.7 Å². The van der Waals surface area contributed by atoms with Crippen molar-refractivity contribution in [2.75, 3.05) is 7.05 Å². The molecule has 0 spiro atoms. The molecule has 0 saturated heterocycles. The summed E-state index contributed by atoms with van der Waals surface area (Å²) in [4.78, 5) is 33.6. The van der Waals surface area contributed by atoms with Crippen molar-refractivity contribution in [3.05, 3.63) is 25.3 Å². The Hall–Kier alpha value is -1.91. The van der Waals surface area contributed by atoms with E-state index < -0.39 is 23.7 Å². The molecule has 0 aromatic rings. The lowest BCUT2D eigenvalue weighted by Gasteiger charge is -2.20. The number of likely N-dealkylation sites (N-methyl/N-ethyl adjacent to an activating group) is 1. The molecule has 1 unspecified atom stereocenters. The number of nitrogens with zero attached hydrogens (tertiary/aromatic N) is 1. The number of carbonyl (C=O) groups excluding carboxylic acids is 2. The smallest absolute Gasteiger partial charge is 0.334 e. The zero-order valence-electron chi connectivity index (χ0n) is 7.77. The minimum absolute atomic E-state index is 0.632. The molecule has 0 rings (SSSR count). The highest BCUT2D eigenvalue weighted by Crippen LogP contribution is 2.00. The maximum absolute atomic E-state index is 11.1. The molecule has 0 heterocycles. The van der Waals surface area contributed by atoms with Gasteiger partial charge in [-0.25, -0.2) is 4.79 Å². The van der Waals surface area contributed by atoms with Gasteiger partial charge in [0.15, 0.2) is 11.8 Å². The highest BCUT2D eigenvalue weighted by atomic mass is 16.4. The van der Waals surface area contributed by atoms with E-state index in [1.54, 1.807) is 0 Å². The molecule has 0 radical (unpaired) electrons. The number of carboxylic acid groups (broad SMARTS) is 1. The molecular formula is C9H11NO4. The summed E-state index contributed by atoms with van der Waals surface area (Å²) in [6.07, 6.45) is 1.80. The molecule has 0 aliphatic carbocycles. The van der Waals surface area contributed by atoms with Gasteiger partial charge in [0.05, 0.1) is 0 Å². The predicted octanol–water partition coefficient (Wildman–Crippen LogP) is -0.161. The van der Waals surface area contributed by atoms with Crippen LogP contribution in [-0.2, 0) is 14.4 Å². The first kappa shape index (κ1) is 12.1. The molecule has 0 aromatic carbocycles. The van der Waals surface area contributed by atoms with Gasteiger partial charge in [-0.15, -0.1) is 0 Å². The Morgan fingerprint density at radius 2 is 1.79 bits per heavy atom. The highest BCUT2D eigenvalue weighted by molar-refractivity contribution is 6.10. The van der Waals surface area contributed by atoms with E-state index in [1.165, 1.54) is 7.05 Å². The van der Waals surface area contributed by atoms with Gasteiger partial charge < -0.3 is 10.0 Å². The number of hydrogen-bond donors (Lipinski definition) is 1. The number of rotatable bonds is 5. The third-order valence-electron chi connectivity index (χ3n) is 1.61. The second-order valence-electron chi connectivity index (χ2n) is 2.50. The summed E-state index contributed by atoms with van der Waals surface area (Å²) in [5, 5.41) is 8.69. The number of ketones is 1. The van der Waals surface area contributed by atoms with Crippen LogP contribution in [0.4, 0.5) is 0 Å². The Morgan fingerprint density at radius 1 is 1.29 bits per heavy atom. The van der Waals surface area contributed by atoms with Gasteiger partial charge in [-0.2, -0.15) is 0 Å². The fourth-order valence-corrected chi connectivity index (χ4v) is 0.861. The largest absolute Gasteiger partial charge is 0.479 e. The molecule has 5 heteroatoms. The van der Waals surface area contributed by atoms with Gasteiger partial charge >= 0.3 is 5.97 Å². The Balaban J connectivity index is 4.92. The lowest BCUT2D eigenvalue weighted by molar-refractivity contribution is -0.150. The van der Waals surface area contributed by atoms with Crippen molar-refractivity contribution in [2.24, 2.45) is 0 Å². The molecule has 1 atom stereocenters. The number of carbonyl (C=O) groups is 3. The van der Waals surface area contributed by atoms with E-state index in [2.05, 4.69) is 13.2 Å². The fraction of sp³-hybridized carbons (Fsp3) is 0.222. The van der Waals surface area contributed by atoms with Crippen LogP contribution in [0.3, 0.4) is 0 Å². The van der Waals surface area contributed by atoms with Crippen molar-refractivity contribution in [3.63, 3.8) is 0 Å². The molecule has 0 fully saturated rings. The van der Waals surface area contributed by atoms with E-state index in [1.807, 2.05) is 0 Å². The quantitative estimate of drug-likeness (QED) is 0.491. The van der Waals surface area contributed by atoms with Gasteiger partial charge in [-0.3, -0.25) is 9.59 Å². The summed E-state index contributed by atoms with van der Waals surface area (Å²) >= 11 is 0. The van der Waals surface area contributed by atoms with Crippen LogP contribution in [0.2, 0.25) is 0 Å². The van der Waals surface area contributed by atoms with E-state index in [-0.39, 0.29) is 0 Å². The van der Waals surface area contributed by atoms with Gasteiger partial charge in [-0.1, -0.05) is 13.2 Å². The van der Waals surface area contributed by atoms with Crippen molar-refractivity contribution in [1.29, 1.82) is 0 Å². The predicted molar refractivity (Wildman–Crippen MR) is 49.6 cm³/mol. The second kappa shape index (κ2) is 4.96. The van der Waals surface area contributed by atoms with Crippen LogP contribution in [-0.4, -0.2) is 40.8 Å². The molecule has 0 bridgehead atoms. The van der Waals surface area contributed by atoms with E-state index >= 15 is 0 Å². The van der Waals surface area contributed by atoms with E-state index in [9.17, 15) is 14.4 Å². The molecule has 0 aliphatic rings. The van der Waals surface area contributed by atoms with Gasteiger partial charge in [0.2, 0.25) is 5.91 Å². The Kier molecular flexibility index (Phi) is 4.28. The van der Waals surface area contributed by atoms with Crippen LogP contribution in [0, 0.1) is 0 Å². The van der Waals surface area contributed by atoms with Crippen LogP contribution in [0.5, 0.6) is 0 Å². The number of hydrogen-bond acceptors (Lipinski definition) is 3. The van der Waals surface area contributed by atoms with Crippen LogP contribution in [0.25, 0.3) is 0 Å². The Labute approximate surface area is 81.3 Å². The maximum Gasteiger partial charge on any atom is 0.334 e. The lowest BCUT2D eigenvalue weighted by Crippen LogP contribution is -2.46. The van der Waals surface area contributed by atoms with Crippen LogP contribution in [0.15, 0.2) is 25.3 Å². The molecular weight excluding hydrogens is 186 g/mol. The first-order chi connectivity index (χ1) is 6.45. The first-order valence-electron chi connectivity index (χ1n) is 3.74. The average Bonchev–Trinajstić information content (AvgIpc) is 2.15. The molecule has 0 saturated carbocycles. The molecule has 0 aromatic heterocycles. The highest BCUT2D eigenvalue weighted by Gasteiger charge is 2.30. The molecule has 0 aliphatic heterocycles. The summed E-state index contributed by atoms with van der Waals surface area (Å²) in [6, 6.07) is -1.53. The van der Waals surface area contributed by atoms with Gasteiger partial charge in [0, 0.05) is 7.05 Å². The number of carboxylic acids is 1. The van der Waals surface area contributed by atoms with Crippen molar-refractivity contribution in [3.8, 4) is 0 Å².